The number of nitrogens with zero attached hydrogens (tertiary/aromatic N) is 1. The largest absolute Gasteiger partial charge is 0.490 e. The number of benzene rings is 2. The number of para-hydroxylation sites is 1. The SMILES string of the molecule is O=C1Nc2ccccc2C[C@@H]1CCC(=O)N1CCC[C@H]1c1ccc2c(c1)OCCCO2. The number of carbonyl (C=O) groups is 2. The van der Waals surface area contributed by atoms with Gasteiger partial charge in [-0.2, -0.15) is 0 Å². The van der Waals surface area contributed by atoms with E-state index in [2.05, 4.69) is 11.4 Å². The maximum absolute atomic E-state index is 13.1. The van der Waals surface area contributed by atoms with Gasteiger partial charge in [0.1, 0.15) is 0 Å². The molecule has 6 nitrogen and oxygen atoms in total. The monoisotopic (exact) mass is 420 g/mol. The Morgan fingerprint density at radius 1 is 1.06 bits per heavy atom. The van der Waals surface area contributed by atoms with E-state index in [1.165, 1.54) is 0 Å². The van der Waals surface area contributed by atoms with Crippen molar-refractivity contribution in [1.82, 2.24) is 4.90 Å². The van der Waals surface area contributed by atoms with Gasteiger partial charge in [0.2, 0.25) is 11.8 Å². The minimum Gasteiger partial charge on any atom is -0.490 e. The van der Waals surface area contributed by atoms with Crippen LogP contribution in [-0.4, -0.2) is 36.5 Å². The second kappa shape index (κ2) is 8.61. The summed E-state index contributed by atoms with van der Waals surface area (Å²) in [5.41, 5.74) is 3.13. The number of ether oxygens (including phenoxy) is 2. The number of nitrogens with one attached hydrogen (secondary N) is 1. The number of amides is 2. The molecule has 0 unspecified atom stereocenters. The van der Waals surface area contributed by atoms with Crippen molar-refractivity contribution in [2.75, 3.05) is 25.1 Å². The number of carbonyl (C=O) groups excluding carboxylic acids is 2. The van der Waals surface area contributed by atoms with Crippen LogP contribution < -0.4 is 14.8 Å². The molecule has 2 amide bonds. The summed E-state index contributed by atoms with van der Waals surface area (Å²) in [4.78, 5) is 27.6. The highest BCUT2D eigenvalue weighted by molar-refractivity contribution is 5.96. The molecule has 0 aliphatic carbocycles. The molecule has 0 bridgehead atoms. The van der Waals surface area contributed by atoms with E-state index in [9.17, 15) is 9.59 Å². The van der Waals surface area contributed by atoms with Crippen molar-refractivity contribution in [1.29, 1.82) is 0 Å². The van der Waals surface area contributed by atoms with Gasteiger partial charge >= 0.3 is 0 Å². The van der Waals surface area contributed by atoms with Crippen molar-refractivity contribution in [2.24, 2.45) is 5.92 Å². The van der Waals surface area contributed by atoms with Crippen molar-refractivity contribution in [3.8, 4) is 11.5 Å². The minimum atomic E-state index is -0.155. The molecule has 5 rings (SSSR count). The second-order valence-corrected chi connectivity index (χ2v) is 8.59. The van der Waals surface area contributed by atoms with Crippen LogP contribution in [0, 0.1) is 5.92 Å². The van der Waals surface area contributed by atoms with Gasteiger partial charge in [0.25, 0.3) is 0 Å². The van der Waals surface area contributed by atoms with Gasteiger partial charge in [-0.05, 0) is 55.0 Å². The average molecular weight is 421 g/mol. The zero-order valence-electron chi connectivity index (χ0n) is 17.6. The third kappa shape index (κ3) is 4.11. The summed E-state index contributed by atoms with van der Waals surface area (Å²) < 4.78 is 11.6. The lowest BCUT2D eigenvalue weighted by Gasteiger charge is -2.28. The van der Waals surface area contributed by atoms with Gasteiger partial charge in [0.05, 0.1) is 19.3 Å². The predicted octanol–water partition coefficient (Wildman–Crippen LogP) is 4.10. The number of hydrogen-bond donors (Lipinski definition) is 1. The van der Waals surface area contributed by atoms with Crippen LogP contribution in [0.4, 0.5) is 5.69 Å². The lowest BCUT2D eigenvalue weighted by molar-refractivity contribution is -0.132. The first kappa shape index (κ1) is 19.9. The Morgan fingerprint density at radius 3 is 2.81 bits per heavy atom. The fourth-order valence-corrected chi connectivity index (χ4v) is 4.89. The van der Waals surface area contributed by atoms with Crippen molar-refractivity contribution < 1.29 is 19.1 Å². The molecule has 31 heavy (non-hydrogen) atoms. The van der Waals surface area contributed by atoms with Crippen LogP contribution in [0.1, 0.15) is 49.3 Å². The molecule has 0 radical (unpaired) electrons. The maximum atomic E-state index is 13.1. The Bertz CT molecular complexity index is 989. The summed E-state index contributed by atoms with van der Waals surface area (Å²) in [5, 5.41) is 2.98. The lowest BCUT2D eigenvalue weighted by atomic mass is 9.89. The third-order valence-electron chi connectivity index (χ3n) is 6.55. The molecule has 3 aliphatic rings. The molecule has 2 aromatic carbocycles. The highest BCUT2D eigenvalue weighted by Crippen LogP contribution is 2.38. The zero-order chi connectivity index (χ0) is 21.2. The smallest absolute Gasteiger partial charge is 0.227 e. The second-order valence-electron chi connectivity index (χ2n) is 8.59. The third-order valence-corrected chi connectivity index (χ3v) is 6.55. The van der Waals surface area contributed by atoms with E-state index >= 15 is 0 Å². The van der Waals surface area contributed by atoms with E-state index < -0.39 is 0 Å². The molecule has 162 valence electrons. The highest BCUT2D eigenvalue weighted by Gasteiger charge is 2.32. The Balaban J connectivity index is 1.24. The number of likely N-dealkylation sites (tertiary alicyclic amines) is 1. The van der Waals surface area contributed by atoms with Gasteiger partial charge in [-0.3, -0.25) is 9.59 Å². The molecule has 2 aromatic rings. The van der Waals surface area contributed by atoms with Gasteiger partial charge in [-0.15, -0.1) is 0 Å². The first-order chi connectivity index (χ1) is 15.2. The normalized spacial score (nSPS) is 22.5. The van der Waals surface area contributed by atoms with Crippen LogP contribution in [0.3, 0.4) is 0 Å². The van der Waals surface area contributed by atoms with Gasteiger partial charge < -0.3 is 19.7 Å². The summed E-state index contributed by atoms with van der Waals surface area (Å²) >= 11 is 0. The summed E-state index contributed by atoms with van der Waals surface area (Å²) in [7, 11) is 0. The van der Waals surface area contributed by atoms with Crippen LogP contribution in [0.2, 0.25) is 0 Å². The molecule has 1 fully saturated rings. The lowest BCUT2D eigenvalue weighted by Crippen LogP contribution is -2.33. The number of fused-ring (bicyclic) bond motifs is 2. The van der Waals surface area contributed by atoms with Gasteiger partial charge in [-0.25, -0.2) is 0 Å². The molecule has 1 saturated heterocycles. The molecule has 6 heteroatoms. The van der Waals surface area contributed by atoms with Crippen molar-refractivity contribution >= 4 is 17.5 Å². The van der Waals surface area contributed by atoms with Crippen LogP contribution in [0.5, 0.6) is 11.5 Å². The number of hydrogen-bond acceptors (Lipinski definition) is 4. The average Bonchev–Trinajstić information content (AvgIpc) is 3.16. The van der Waals surface area contributed by atoms with Crippen LogP contribution in [0.15, 0.2) is 42.5 Å². The fraction of sp³-hybridized carbons (Fsp3) is 0.440. The predicted molar refractivity (Wildman–Crippen MR) is 117 cm³/mol. The van der Waals surface area contributed by atoms with E-state index in [0.717, 1.165) is 54.1 Å². The van der Waals surface area contributed by atoms with E-state index in [4.69, 9.17) is 9.47 Å². The molecular formula is C25H28N2O4. The first-order valence-corrected chi connectivity index (χ1v) is 11.3. The van der Waals surface area contributed by atoms with Crippen LogP contribution >= 0.6 is 0 Å². The van der Waals surface area contributed by atoms with Gasteiger partial charge in [0, 0.05) is 31.0 Å². The van der Waals surface area contributed by atoms with Crippen molar-refractivity contribution in [3.05, 3.63) is 53.6 Å². The van der Waals surface area contributed by atoms with E-state index in [0.29, 0.717) is 32.5 Å². The Labute approximate surface area is 182 Å². The van der Waals surface area contributed by atoms with Gasteiger partial charge in [0.15, 0.2) is 11.5 Å². The fourth-order valence-electron chi connectivity index (χ4n) is 4.89. The van der Waals surface area contributed by atoms with Crippen molar-refractivity contribution in [3.63, 3.8) is 0 Å². The van der Waals surface area contributed by atoms with Gasteiger partial charge in [-0.1, -0.05) is 24.3 Å². The Morgan fingerprint density at radius 2 is 1.90 bits per heavy atom. The summed E-state index contributed by atoms with van der Waals surface area (Å²) in [5.74, 6) is 1.54. The highest BCUT2D eigenvalue weighted by atomic mass is 16.5. The summed E-state index contributed by atoms with van der Waals surface area (Å²) in [6.07, 6.45) is 4.47. The standard InChI is InChI=1S/C25H28N2O4/c28-24(11-9-19-15-17-5-1-2-6-20(17)26-25(19)29)27-12-3-7-21(27)18-8-10-22-23(16-18)31-14-4-13-30-22/h1-2,5-6,8,10,16,19,21H,3-4,7,9,11-15H2,(H,26,29)/t19-,21-/m0/s1. The van der Waals surface area contributed by atoms with Crippen LogP contribution in [0.25, 0.3) is 0 Å². The first-order valence-electron chi connectivity index (χ1n) is 11.3. The van der Waals surface area contributed by atoms with E-state index in [-0.39, 0.29) is 23.8 Å². The topological polar surface area (TPSA) is 67.9 Å². The number of anilines is 1. The molecule has 3 heterocycles. The molecule has 0 spiro atoms. The molecule has 0 aromatic heterocycles. The van der Waals surface area contributed by atoms with Crippen molar-refractivity contribution in [2.45, 2.75) is 44.6 Å². The summed E-state index contributed by atoms with van der Waals surface area (Å²) in [6.45, 7) is 2.08. The zero-order valence-corrected chi connectivity index (χ0v) is 17.6. The molecule has 0 saturated carbocycles. The van der Waals surface area contributed by atoms with E-state index in [1.54, 1.807) is 0 Å². The number of rotatable bonds is 4. The molecule has 2 atom stereocenters. The molecule has 1 N–H and O–H groups in total. The van der Waals surface area contributed by atoms with E-state index in [1.807, 2.05) is 41.3 Å². The quantitative estimate of drug-likeness (QED) is 0.809. The maximum Gasteiger partial charge on any atom is 0.227 e. The molecule has 3 aliphatic heterocycles. The Kier molecular flexibility index (Phi) is 5.53. The minimum absolute atomic E-state index is 0.0207. The summed E-state index contributed by atoms with van der Waals surface area (Å²) in [6, 6.07) is 14.0. The van der Waals surface area contributed by atoms with Crippen LogP contribution in [-0.2, 0) is 16.0 Å². The molecular weight excluding hydrogens is 392 g/mol. The Hall–Kier alpha value is -3.02.